The summed E-state index contributed by atoms with van der Waals surface area (Å²) in [7, 11) is 0. The summed E-state index contributed by atoms with van der Waals surface area (Å²) in [6.07, 6.45) is -28.2. The van der Waals surface area contributed by atoms with E-state index in [1.54, 1.807) is 6.92 Å². The number of fused-ring (bicyclic) bond motifs is 7. The predicted molar refractivity (Wildman–Crippen MR) is 263 cm³/mol. The van der Waals surface area contributed by atoms with Crippen LogP contribution in [0, 0.1) is 50.2 Å². The molecule has 0 bridgehead atoms. The van der Waals surface area contributed by atoms with Crippen molar-refractivity contribution in [2.24, 2.45) is 50.2 Å². The maximum Gasteiger partial charge on any atom is 0.335 e. The topological polar surface area (TPSA) is 374 Å². The van der Waals surface area contributed by atoms with Crippen molar-refractivity contribution in [2.45, 2.75) is 255 Å². The lowest BCUT2D eigenvalue weighted by atomic mass is 9.33. The van der Waals surface area contributed by atoms with Gasteiger partial charge in [-0.2, -0.15) is 0 Å². The van der Waals surface area contributed by atoms with E-state index in [0.29, 0.717) is 32.1 Å². The lowest BCUT2D eigenvalue weighted by Gasteiger charge is -2.72. The summed E-state index contributed by atoms with van der Waals surface area (Å²) in [5.74, 6) is -1.72. The molecule has 4 saturated heterocycles. The van der Waals surface area contributed by atoms with Gasteiger partial charge in [0, 0.05) is 10.8 Å². The van der Waals surface area contributed by atoms with Crippen molar-refractivity contribution in [1.82, 2.24) is 0 Å². The summed E-state index contributed by atoms with van der Waals surface area (Å²) >= 11 is 0. The molecule has 4 saturated carbocycles. The second kappa shape index (κ2) is 21.2. The van der Waals surface area contributed by atoms with Gasteiger partial charge in [0.1, 0.15) is 79.4 Å². The number of carboxylic acids is 1. The van der Waals surface area contributed by atoms with Gasteiger partial charge in [0.15, 0.2) is 31.3 Å². The number of aliphatic carboxylic acids is 1. The summed E-state index contributed by atoms with van der Waals surface area (Å²) in [6, 6.07) is 0. The monoisotopic (exact) mass is 1100 g/mol. The number of rotatable bonds is 11. The van der Waals surface area contributed by atoms with Gasteiger partial charge in [0.05, 0.1) is 43.7 Å². The molecule has 8 fully saturated rings. The van der Waals surface area contributed by atoms with Crippen LogP contribution in [0.1, 0.15) is 114 Å². The van der Waals surface area contributed by atoms with Crippen LogP contribution in [0.15, 0.2) is 11.6 Å². The molecule has 0 aromatic carbocycles. The fourth-order valence-electron chi connectivity index (χ4n) is 16.6. The van der Waals surface area contributed by atoms with Crippen LogP contribution in [0.4, 0.5) is 0 Å². The summed E-state index contributed by atoms with van der Waals surface area (Å²) in [5, 5.41) is 153. The van der Waals surface area contributed by atoms with Crippen LogP contribution in [-0.4, -0.2) is 232 Å². The zero-order valence-corrected chi connectivity index (χ0v) is 45.6. The third-order valence-corrected chi connectivity index (χ3v) is 21.8. The fourth-order valence-corrected chi connectivity index (χ4v) is 16.6. The zero-order chi connectivity index (χ0) is 56.6. The molecular weight excluding hydrogens is 1020 g/mol. The quantitative estimate of drug-likeness (QED) is 0.0829. The first-order valence-electron chi connectivity index (χ1n) is 27.7. The maximum absolute atomic E-state index is 12.6. The van der Waals surface area contributed by atoms with E-state index in [-0.39, 0.29) is 40.6 Å². The number of aliphatic hydroxyl groups is 13. The molecule has 9 rings (SSSR count). The second-order valence-corrected chi connectivity index (χ2v) is 26.4. The zero-order valence-electron chi connectivity index (χ0n) is 45.6. The third-order valence-electron chi connectivity index (χ3n) is 21.8. The Bertz CT molecular complexity index is 2150. The van der Waals surface area contributed by atoms with Crippen LogP contribution < -0.4 is 0 Å². The Morgan fingerprint density at radius 2 is 1.14 bits per heavy atom. The average Bonchev–Trinajstić information content (AvgIpc) is 3.45. The number of hydrogen-bond acceptors (Lipinski definition) is 22. The van der Waals surface area contributed by atoms with Crippen LogP contribution >= 0.6 is 0 Å². The number of allylic oxidation sites excluding steroid dienone is 2. The van der Waals surface area contributed by atoms with Crippen LogP contribution in [0.3, 0.4) is 0 Å². The van der Waals surface area contributed by atoms with E-state index < -0.39 is 170 Å². The Morgan fingerprint density at radius 1 is 0.584 bits per heavy atom. The molecule has 9 aliphatic rings. The van der Waals surface area contributed by atoms with E-state index in [0.717, 1.165) is 19.3 Å². The van der Waals surface area contributed by atoms with Gasteiger partial charge in [-0.3, -0.25) is 0 Å². The molecule has 0 radical (unpaired) electrons. The van der Waals surface area contributed by atoms with Crippen molar-refractivity contribution in [3.05, 3.63) is 11.6 Å². The smallest absolute Gasteiger partial charge is 0.335 e. The van der Waals surface area contributed by atoms with E-state index in [1.165, 1.54) is 12.5 Å². The Kier molecular flexibility index (Phi) is 16.5. The van der Waals surface area contributed by atoms with Crippen molar-refractivity contribution in [3.63, 3.8) is 0 Å². The molecule has 0 aromatic heterocycles. The third kappa shape index (κ3) is 9.42. The average molecular weight is 1110 g/mol. The molecule has 4 aliphatic heterocycles. The molecule has 0 aromatic rings. The molecule has 23 heteroatoms. The van der Waals surface area contributed by atoms with Gasteiger partial charge >= 0.3 is 5.97 Å². The minimum Gasteiger partial charge on any atom is -0.479 e. The van der Waals surface area contributed by atoms with Crippen molar-refractivity contribution < 1.29 is 114 Å². The summed E-state index contributed by atoms with van der Waals surface area (Å²) in [4.78, 5) is 12.6. The summed E-state index contributed by atoms with van der Waals surface area (Å²) in [5.41, 5.74) is -1.87. The molecule has 14 N–H and O–H groups in total. The lowest BCUT2D eigenvalue weighted by Crippen LogP contribution is -2.69. The van der Waals surface area contributed by atoms with Crippen molar-refractivity contribution in [3.8, 4) is 0 Å². The Hall–Kier alpha value is -1.63. The lowest BCUT2D eigenvalue weighted by molar-refractivity contribution is -0.396. The molecule has 442 valence electrons. The van der Waals surface area contributed by atoms with Gasteiger partial charge in [0.25, 0.3) is 0 Å². The fraction of sp³-hybridized carbons (Fsp3) is 0.944. The first-order valence-corrected chi connectivity index (χ1v) is 27.7. The molecule has 31 atom stereocenters. The van der Waals surface area contributed by atoms with E-state index >= 15 is 0 Å². The van der Waals surface area contributed by atoms with Gasteiger partial charge in [-0.05, 0) is 105 Å². The highest BCUT2D eigenvalue weighted by Crippen LogP contribution is 2.76. The normalized spacial score (nSPS) is 56.7. The van der Waals surface area contributed by atoms with E-state index in [4.69, 9.17) is 37.9 Å². The van der Waals surface area contributed by atoms with Gasteiger partial charge in [-0.15, -0.1) is 0 Å². The number of ether oxygens (including phenoxy) is 8. The molecule has 5 aliphatic carbocycles. The van der Waals surface area contributed by atoms with Crippen LogP contribution in [0.2, 0.25) is 0 Å². The molecular formula is C54H88O23. The number of aliphatic hydroxyl groups excluding tert-OH is 13. The molecule has 0 amide bonds. The van der Waals surface area contributed by atoms with Crippen LogP contribution in [0.25, 0.3) is 0 Å². The van der Waals surface area contributed by atoms with Gasteiger partial charge in [-0.25, -0.2) is 4.79 Å². The number of hydrogen-bond donors (Lipinski definition) is 14. The maximum atomic E-state index is 12.6. The van der Waals surface area contributed by atoms with Gasteiger partial charge in [-0.1, -0.05) is 60.1 Å². The molecule has 77 heavy (non-hydrogen) atoms. The minimum absolute atomic E-state index is 0.0274. The number of carbonyl (C=O) groups is 1. The predicted octanol–water partition coefficient (Wildman–Crippen LogP) is -1.47. The molecule has 0 spiro atoms. The summed E-state index contributed by atoms with van der Waals surface area (Å²) < 4.78 is 48.6. The second-order valence-electron chi connectivity index (χ2n) is 26.4. The van der Waals surface area contributed by atoms with Gasteiger partial charge in [0.2, 0.25) is 0 Å². The van der Waals surface area contributed by atoms with Crippen LogP contribution in [0.5, 0.6) is 0 Å². The highest BCUT2D eigenvalue weighted by atomic mass is 16.8. The highest BCUT2D eigenvalue weighted by Gasteiger charge is 2.71. The Labute approximate surface area is 449 Å². The molecule has 1 unspecified atom stereocenters. The van der Waals surface area contributed by atoms with Crippen LogP contribution in [-0.2, 0) is 42.7 Å². The Morgan fingerprint density at radius 3 is 1.71 bits per heavy atom. The molecule has 4 heterocycles. The van der Waals surface area contributed by atoms with E-state index in [1.807, 2.05) is 20.8 Å². The molecule has 23 nitrogen and oxygen atoms in total. The SMILES string of the molecule is C[C@@H]1O[C@@H](O[C@H]2[C@H](O[C@H]3[C@H](O[C@H]4CC[C@@]5(C)[C@@H](CC[C@]6(C)[C@@H]5CC=C5C7CC(C)(C)[C@@H](O[C@@H]8O[C@@H](C)[C@H](O)[C@@H](O)[C@H]8O)[C@H](O)[C@]7(C)CC[C@]56C)[C@@]4(C)CO)O[C@H](C(=O)O)[C@@H](O)[C@@H]3O)O[C@H](CO)[C@@H](O)[C@@H]2O)[C@H](O)[C@H](O)[C@H]1O. The van der Waals surface area contributed by atoms with Crippen molar-refractivity contribution in [2.75, 3.05) is 13.2 Å². The number of carboxylic acid groups (broad SMARTS) is 1. The van der Waals surface area contributed by atoms with Crippen molar-refractivity contribution in [1.29, 1.82) is 0 Å². The van der Waals surface area contributed by atoms with Gasteiger partial charge < -0.3 is 109 Å². The minimum atomic E-state index is -2.11. The summed E-state index contributed by atoms with van der Waals surface area (Å²) in [6.45, 7) is 16.9. The largest absolute Gasteiger partial charge is 0.479 e. The first kappa shape index (κ1) is 60.0. The first-order chi connectivity index (χ1) is 35.9. The standard InChI is InChI=1S/C54H88O23/c1-21-29(57)32(60)37(65)45(70-21)75-40-34(62)31(59)25(19-55)72-47(40)76-41-36(64)35(63)39(44(68)69)74-48(41)73-28-13-14-51(6)26(52(28,7)20-56)12-15-54(9)27(51)11-10-23-24-18-49(3,4)43(42(67)50(24,5)16-17-53(23,54)8)77-46-38(66)33(61)30(58)22(2)71-46/h10,21-22,24-43,45-48,55-67H,11-20H2,1-9H3,(H,68,69)/t21-,22-,24?,25+,26+,27+,28-,29-,30-,31+,32+,33+,34-,35-,36-,37+,38+,39-,40+,41+,42-,43-,45-,46-,47-,48+,50+,51-,52+,53+,54+/m0/s1. The van der Waals surface area contributed by atoms with E-state index in [9.17, 15) is 76.3 Å². The van der Waals surface area contributed by atoms with E-state index in [2.05, 4.69) is 33.8 Å². The Balaban J connectivity index is 0.969. The highest BCUT2D eigenvalue weighted by molar-refractivity contribution is 5.73. The van der Waals surface area contributed by atoms with Crippen molar-refractivity contribution >= 4 is 5.97 Å².